The first-order chi connectivity index (χ1) is 7.84. The standard InChI is InChI=1S/C10H11N5O/c16-10-5-11-3-4-14(10)8-1-2-9-12-7-13-15(9)6-8/h1-2,6-7,11H,3-5H2. The Morgan fingerprint density at radius 2 is 2.31 bits per heavy atom. The zero-order valence-electron chi connectivity index (χ0n) is 8.63. The largest absolute Gasteiger partial charge is 0.309 e. The fraction of sp³-hybridized carbons (Fsp3) is 0.300. The van der Waals surface area contributed by atoms with E-state index in [1.165, 1.54) is 6.33 Å². The third kappa shape index (κ3) is 1.43. The van der Waals surface area contributed by atoms with Crippen LogP contribution in [0.2, 0.25) is 0 Å². The van der Waals surface area contributed by atoms with Crippen LogP contribution in [0.25, 0.3) is 5.65 Å². The quantitative estimate of drug-likeness (QED) is 0.710. The minimum absolute atomic E-state index is 0.0886. The van der Waals surface area contributed by atoms with Gasteiger partial charge in [0.1, 0.15) is 6.33 Å². The molecule has 1 amide bonds. The average Bonchev–Trinajstić information content (AvgIpc) is 2.76. The van der Waals surface area contributed by atoms with Crippen LogP contribution in [0.4, 0.5) is 5.69 Å². The van der Waals surface area contributed by atoms with Crippen LogP contribution >= 0.6 is 0 Å². The lowest BCUT2D eigenvalue weighted by Crippen LogP contribution is -2.48. The van der Waals surface area contributed by atoms with E-state index in [2.05, 4.69) is 15.4 Å². The minimum Gasteiger partial charge on any atom is -0.309 e. The van der Waals surface area contributed by atoms with Gasteiger partial charge in [-0.2, -0.15) is 5.10 Å². The molecule has 0 spiro atoms. The molecule has 1 aliphatic heterocycles. The molecule has 0 atom stereocenters. The van der Waals surface area contributed by atoms with Crippen molar-refractivity contribution in [2.75, 3.05) is 24.5 Å². The number of nitrogens with one attached hydrogen (secondary N) is 1. The van der Waals surface area contributed by atoms with Crippen LogP contribution in [-0.4, -0.2) is 40.1 Å². The highest BCUT2D eigenvalue weighted by molar-refractivity contribution is 5.95. The molecule has 0 unspecified atom stereocenters. The van der Waals surface area contributed by atoms with Crippen LogP contribution in [0.5, 0.6) is 0 Å². The highest BCUT2D eigenvalue weighted by Gasteiger charge is 2.19. The second kappa shape index (κ2) is 3.57. The van der Waals surface area contributed by atoms with Crippen LogP contribution in [-0.2, 0) is 4.79 Å². The fourth-order valence-corrected chi connectivity index (χ4v) is 1.85. The van der Waals surface area contributed by atoms with E-state index >= 15 is 0 Å². The normalized spacial score (nSPS) is 17.0. The number of carbonyl (C=O) groups is 1. The Kier molecular flexibility index (Phi) is 2.07. The summed E-state index contributed by atoms with van der Waals surface area (Å²) in [5.74, 6) is 0.0886. The highest BCUT2D eigenvalue weighted by Crippen LogP contribution is 2.15. The molecule has 82 valence electrons. The Hall–Kier alpha value is -1.95. The predicted molar refractivity (Wildman–Crippen MR) is 58.2 cm³/mol. The smallest absolute Gasteiger partial charge is 0.241 e. The second-order valence-electron chi connectivity index (χ2n) is 3.67. The Morgan fingerprint density at radius 3 is 3.19 bits per heavy atom. The molecule has 1 fully saturated rings. The van der Waals surface area contributed by atoms with Gasteiger partial charge in [0.05, 0.1) is 18.4 Å². The number of hydrogen-bond donors (Lipinski definition) is 1. The van der Waals surface area contributed by atoms with E-state index in [4.69, 9.17) is 0 Å². The minimum atomic E-state index is 0.0886. The van der Waals surface area contributed by atoms with E-state index in [1.807, 2.05) is 18.3 Å². The summed E-state index contributed by atoms with van der Waals surface area (Å²) in [7, 11) is 0. The molecule has 6 nitrogen and oxygen atoms in total. The van der Waals surface area contributed by atoms with Crippen molar-refractivity contribution in [3.05, 3.63) is 24.7 Å². The van der Waals surface area contributed by atoms with Crippen LogP contribution in [0, 0.1) is 0 Å². The summed E-state index contributed by atoms with van der Waals surface area (Å²) in [5.41, 5.74) is 1.65. The van der Waals surface area contributed by atoms with Crippen LogP contribution in [0.3, 0.4) is 0 Å². The Labute approximate surface area is 91.9 Å². The first-order valence-electron chi connectivity index (χ1n) is 5.15. The molecule has 2 aromatic heterocycles. The molecular formula is C10H11N5O. The van der Waals surface area contributed by atoms with Crippen molar-refractivity contribution >= 4 is 17.2 Å². The molecular weight excluding hydrogens is 206 g/mol. The van der Waals surface area contributed by atoms with Gasteiger partial charge in [-0.15, -0.1) is 0 Å². The zero-order chi connectivity index (χ0) is 11.0. The topological polar surface area (TPSA) is 62.5 Å². The third-order valence-corrected chi connectivity index (χ3v) is 2.66. The van der Waals surface area contributed by atoms with Gasteiger partial charge in [0, 0.05) is 13.1 Å². The van der Waals surface area contributed by atoms with Gasteiger partial charge in [-0.25, -0.2) is 9.50 Å². The molecule has 0 bridgehead atoms. The number of carbonyl (C=O) groups excluding carboxylic acids is 1. The van der Waals surface area contributed by atoms with Gasteiger partial charge in [0.15, 0.2) is 5.65 Å². The zero-order valence-corrected chi connectivity index (χ0v) is 8.63. The first-order valence-corrected chi connectivity index (χ1v) is 5.15. The van der Waals surface area contributed by atoms with Crippen molar-refractivity contribution in [2.45, 2.75) is 0 Å². The number of anilines is 1. The fourth-order valence-electron chi connectivity index (χ4n) is 1.85. The summed E-state index contributed by atoms with van der Waals surface area (Å²) in [5, 5.41) is 7.09. The maximum absolute atomic E-state index is 11.7. The summed E-state index contributed by atoms with van der Waals surface area (Å²) in [6.45, 7) is 1.91. The van der Waals surface area contributed by atoms with Gasteiger partial charge >= 0.3 is 0 Å². The summed E-state index contributed by atoms with van der Waals surface area (Å²) in [6.07, 6.45) is 3.32. The van der Waals surface area contributed by atoms with Crippen molar-refractivity contribution in [2.24, 2.45) is 0 Å². The van der Waals surface area contributed by atoms with Gasteiger partial charge < -0.3 is 10.2 Å². The van der Waals surface area contributed by atoms with E-state index in [-0.39, 0.29) is 5.91 Å². The van der Waals surface area contributed by atoms with E-state index in [9.17, 15) is 4.79 Å². The number of rotatable bonds is 1. The van der Waals surface area contributed by atoms with Crippen molar-refractivity contribution in [3.63, 3.8) is 0 Å². The summed E-state index contributed by atoms with van der Waals surface area (Å²) < 4.78 is 1.67. The maximum Gasteiger partial charge on any atom is 0.241 e. The van der Waals surface area contributed by atoms with Crippen LogP contribution < -0.4 is 10.2 Å². The van der Waals surface area contributed by atoms with Gasteiger partial charge in [-0.05, 0) is 12.1 Å². The SMILES string of the molecule is O=C1CNCCN1c1ccc2ncnn2c1. The van der Waals surface area contributed by atoms with Crippen molar-refractivity contribution < 1.29 is 4.79 Å². The summed E-state index contributed by atoms with van der Waals surface area (Å²) in [4.78, 5) is 17.5. The molecule has 1 saturated heterocycles. The number of hydrogen-bond acceptors (Lipinski definition) is 4. The number of pyridine rings is 1. The predicted octanol–water partition coefficient (Wildman–Crippen LogP) is -0.335. The van der Waals surface area contributed by atoms with Gasteiger partial charge in [-0.3, -0.25) is 4.79 Å². The number of fused-ring (bicyclic) bond motifs is 1. The Bertz CT molecular complexity index is 535. The molecule has 0 radical (unpaired) electrons. The number of amides is 1. The summed E-state index contributed by atoms with van der Waals surface area (Å²) in [6, 6.07) is 3.75. The van der Waals surface area contributed by atoms with E-state index in [0.717, 1.165) is 17.9 Å². The average molecular weight is 217 g/mol. The van der Waals surface area contributed by atoms with Crippen LogP contribution in [0.15, 0.2) is 24.7 Å². The van der Waals surface area contributed by atoms with Gasteiger partial charge in [0.2, 0.25) is 5.91 Å². The molecule has 1 aliphatic rings. The summed E-state index contributed by atoms with van der Waals surface area (Å²) >= 11 is 0. The molecule has 2 aromatic rings. The molecule has 0 aliphatic carbocycles. The van der Waals surface area contributed by atoms with Crippen molar-refractivity contribution in [1.29, 1.82) is 0 Å². The van der Waals surface area contributed by atoms with Gasteiger partial charge in [-0.1, -0.05) is 0 Å². The number of piperazine rings is 1. The molecule has 1 N–H and O–H groups in total. The first kappa shape index (κ1) is 9.29. The highest BCUT2D eigenvalue weighted by atomic mass is 16.2. The van der Waals surface area contributed by atoms with Crippen LogP contribution in [0.1, 0.15) is 0 Å². The molecule has 3 heterocycles. The number of aromatic nitrogens is 3. The lowest BCUT2D eigenvalue weighted by atomic mass is 10.3. The molecule has 0 aromatic carbocycles. The number of nitrogens with zero attached hydrogens (tertiary/aromatic N) is 4. The maximum atomic E-state index is 11.7. The van der Waals surface area contributed by atoms with Crippen molar-refractivity contribution in [1.82, 2.24) is 19.9 Å². The monoisotopic (exact) mass is 217 g/mol. The Balaban J connectivity index is 2.00. The molecule has 16 heavy (non-hydrogen) atoms. The van der Waals surface area contributed by atoms with Gasteiger partial charge in [0.25, 0.3) is 0 Å². The molecule has 3 rings (SSSR count). The van der Waals surface area contributed by atoms with E-state index < -0.39 is 0 Å². The Morgan fingerprint density at radius 1 is 1.38 bits per heavy atom. The van der Waals surface area contributed by atoms with E-state index in [1.54, 1.807) is 9.42 Å². The van der Waals surface area contributed by atoms with Crippen molar-refractivity contribution in [3.8, 4) is 0 Å². The molecule has 0 saturated carbocycles. The second-order valence-corrected chi connectivity index (χ2v) is 3.67. The lowest BCUT2D eigenvalue weighted by Gasteiger charge is -2.27. The third-order valence-electron chi connectivity index (χ3n) is 2.66. The lowest BCUT2D eigenvalue weighted by molar-refractivity contribution is -0.118. The molecule has 6 heteroatoms. The van der Waals surface area contributed by atoms with E-state index in [0.29, 0.717) is 13.1 Å².